The molecule has 1 aliphatic rings. The lowest BCUT2D eigenvalue weighted by molar-refractivity contribution is -0.118. The van der Waals surface area contributed by atoms with Gasteiger partial charge in [-0.3, -0.25) is 4.79 Å². The number of para-hydroxylation sites is 1. The van der Waals surface area contributed by atoms with Gasteiger partial charge in [-0.15, -0.1) is 0 Å². The van der Waals surface area contributed by atoms with E-state index in [-0.39, 0.29) is 5.91 Å². The third-order valence-electron chi connectivity index (χ3n) is 4.02. The largest absolute Gasteiger partial charge is 0.344 e. The molecule has 4 nitrogen and oxygen atoms in total. The molecule has 0 bridgehead atoms. The van der Waals surface area contributed by atoms with Crippen LogP contribution in [0, 0.1) is 13.8 Å². The topological polar surface area (TPSA) is 46.3 Å². The Kier molecular flexibility index (Phi) is 3.72. The standard InChI is InChI=1S/C16H17ClN2O2/c1-10-4-3-5-12-8-9-19(15(10)12)14(20)7-6-13-11(2)18-21-16(13)17/h3-5H,6-9H2,1-2H3. The Morgan fingerprint density at radius 1 is 1.43 bits per heavy atom. The van der Waals surface area contributed by atoms with E-state index >= 15 is 0 Å². The van der Waals surface area contributed by atoms with Crippen molar-refractivity contribution in [2.45, 2.75) is 33.1 Å². The number of halogens is 1. The third kappa shape index (κ3) is 2.56. The number of fused-ring (bicyclic) bond motifs is 1. The van der Waals surface area contributed by atoms with E-state index in [4.69, 9.17) is 16.1 Å². The van der Waals surface area contributed by atoms with E-state index in [1.54, 1.807) is 0 Å². The summed E-state index contributed by atoms with van der Waals surface area (Å²) < 4.78 is 4.92. The average Bonchev–Trinajstić information content (AvgIpc) is 3.02. The van der Waals surface area contributed by atoms with Gasteiger partial charge in [-0.2, -0.15) is 0 Å². The van der Waals surface area contributed by atoms with E-state index in [0.717, 1.165) is 35.5 Å². The Labute approximate surface area is 128 Å². The van der Waals surface area contributed by atoms with Crippen LogP contribution in [0.25, 0.3) is 0 Å². The summed E-state index contributed by atoms with van der Waals surface area (Å²) in [6, 6.07) is 6.19. The summed E-state index contributed by atoms with van der Waals surface area (Å²) in [5, 5.41) is 4.10. The van der Waals surface area contributed by atoms with Gasteiger partial charge in [0.25, 0.3) is 0 Å². The molecule has 5 heteroatoms. The first-order chi connectivity index (χ1) is 10.1. The molecule has 1 aliphatic heterocycles. The van der Waals surface area contributed by atoms with Crippen molar-refractivity contribution in [2.24, 2.45) is 0 Å². The van der Waals surface area contributed by atoms with Gasteiger partial charge < -0.3 is 9.42 Å². The van der Waals surface area contributed by atoms with Crippen molar-refractivity contribution >= 4 is 23.2 Å². The van der Waals surface area contributed by atoms with Crippen LogP contribution >= 0.6 is 11.6 Å². The van der Waals surface area contributed by atoms with Gasteiger partial charge in [-0.25, -0.2) is 0 Å². The van der Waals surface area contributed by atoms with Crippen molar-refractivity contribution in [3.05, 3.63) is 45.8 Å². The zero-order valence-corrected chi connectivity index (χ0v) is 12.9. The average molecular weight is 305 g/mol. The van der Waals surface area contributed by atoms with Gasteiger partial charge in [0.05, 0.1) is 5.69 Å². The first-order valence-corrected chi connectivity index (χ1v) is 7.45. The van der Waals surface area contributed by atoms with E-state index in [9.17, 15) is 4.79 Å². The SMILES string of the molecule is Cc1cccc2c1N(C(=O)CCc1c(C)noc1Cl)CC2. The van der Waals surface area contributed by atoms with E-state index in [0.29, 0.717) is 18.1 Å². The second-order valence-corrected chi connectivity index (χ2v) is 5.74. The van der Waals surface area contributed by atoms with Crippen molar-refractivity contribution in [1.29, 1.82) is 0 Å². The number of anilines is 1. The molecule has 0 saturated carbocycles. The van der Waals surface area contributed by atoms with Crippen LogP contribution in [0.4, 0.5) is 5.69 Å². The molecule has 1 amide bonds. The molecule has 1 aromatic carbocycles. The first kappa shape index (κ1) is 14.1. The van der Waals surface area contributed by atoms with Crippen molar-refractivity contribution in [3.63, 3.8) is 0 Å². The summed E-state index contributed by atoms with van der Waals surface area (Å²) in [5.74, 6) is 0.125. The van der Waals surface area contributed by atoms with Crippen LogP contribution in [0.15, 0.2) is 22.7 Å². The number of aromatic nitrogens is 1. The van der Waals surface area contributed by atoms with Gasteiger partial charge in [0.1, 0.15) is 0 Å². The molecule has 0 unspecified atom stereocenters. The highest BCUT2D eigenvalue weighted by molar-refractivity contribution is 6.29. The zero-order valence-electron chi connectivity index (χ0n) is 12.1. The zero-order chi connectivity index (χ0) is 15.0. The number of hydrogen-bond acceptors (Lipinski definition) is 3. The highest BCUT2D eigenvalue weighted by Crippen LogP contribution is 2.32. The highest BCUT2D eigenvalue weighted by atomic mass is 35.5. The van der Waals surface area contributed by atoms with Crippen LogP contribution in [0.5, 0.6) is 0 Å². The third-order valence-corrected chi connectivity index (χ3v) is 4.32. The van der Waals surface area contributed by atoms with Crippen molar-refractivity contribution < 1.29 is 9.32 Å². The predicted molar refractivity (Wildman–Crippen MR) is 81.8 cm³/mol. The van der Waals surface area contributed by atoms with Gasteiger partial charge in [0.2, 0.25) is 11.1 Å². The summed E-state index contributed by atoms with van der Waals surface area (Å²) in [6.07, 6.45) is 1.90. The maximum Gasteiger partial charge on any atom is 0.229 e. The first-order valence-electron chi connectivity index (χ1n) is 7.07. The van der Waals surface area contributed by atoms with E-state index in [1.807, 2.05) is 30.9 Å². The monoisotopic (exact) mass is 304 g/mol. The van der Waals surface area contributed by atoms with Crippen molar-refractivity contribution in [2.75, 3.05) is 11.4 Å². The molecule has 0 fully saturated rings. The lowest BCUT2D eigenvalue weighted by Gasteiger charge is -2.19. The number of aryl methyl sites for hydroxylation is 2. The maximum absolute atomic E-state index is 12.5. The Hall–Kier alpha value is -1.81. The van der Waals surface area contributed by atoms with Gasteiger partial charge in [0.15, 0.2) is 0 Å². The smallest absolute Gasteiger partial charge is 0.229 e. The quantitative estimate of drug-likeness (QED) is 0.872. The summed E-state index contributed by atoms with van der Waals surface area (Å²) in [7, 11) is 0. The molecule has 2 heterocycles. The number of amides is 1. The Morgan fingerprint density at radius 3 is 2.95 bits per heavy atom. The lowest BCUT2D eigenvalue weighted by Crippen LogP contribution is -2.29. The number of hydrogen-bond donors (Lipinski definition) is 0. The van der Waals surface area contributed by atoms with Gasteiger partial charge in [-0.05, 0) is 49.4 Å². The van der Waals surface area contributed by atoms with Crippen LogP contribution in [0.3, 0.4) is 0 Å². The molecule has 2 aromatic rings. The normalized spacial score (nSPS) is 13.6. The molecule has 0 atom stereocenters. The number of carbonyl (C=O) groups excluding carboxylic acids is 1. The van der Waals surface area contributed by atoms with Crippen molar-refractivity contribution in [3.8, 4) is 0 Å². The number of benzene rings is 1. The fraction of sp³-hybridized carbons (Fsp3) is 0.375. The van der Waals surface area contributed by atoms with Gasteiger partial charge in [0, 0.05) is 24.2 Å². The highest BCUT2D eigenvalue weighted by Gasteiger charge is 2.26. The molecule has 0 radical (unpaired) electrons. The van der Waals surface area contributed by atoms with Crippen LogP contribution in [0.2, 0.25) is 5.22 Å². The molecule has 0 spiro atoms. The Morgan fingerprint density at radius 2 is 2.24 bits per heavy atom. The molecule has 1 aromatic heterocycles. The van der Waals surface area contributed by atoms with Crippen LogP contribution in [0.1, 0.15) is 28.8 Å². The summed E-state index contributed by atoms with van der Waals surface area (Å²) in [4.78, 5) is 14.4. The molecule has 21 heavy (non-hydrogen) atoms. The number of rotatable bonds is 3. The number of carbonyl (C=O) groups is 1. The number of nitrogens with zero attached hydrogens (tertiary/aromatic N) is 2. The molecule has 110 valence electrons. The Bertz CT molecular complexity index is 674. The van der Waals surface area contributed by atoms with Crippen LogP contribution in [-0.4, -0.2) is 17.6 Å². The second-order valence-electron chi connectivity index (χ2n) is 5.40. The summed E-state index contributed by atoms with van der Waals surface area (Å²) in [6.45, 7) is 4.64. The minimum absolute atomic E-state index is 0.125. The fourth-order valence-corrected chi connectivity index (χ4v) is 3.17. The van der Waals surface area contributed by atoms with Crippen LogP contribution in [-0.2, 0) is 17.6 Å². The molecule has 0 aliphatic carbocycles. The molecular weight excluding hydrogens is 288 g/mol. The molecule has 0 saturated heterocycles. The fourth-order valence-electron chi connectivity index (χ4n) is 2.91. The van der Waals surface area contributed by atoms with E-state index in [2.05, 4.69) is 11.2 Å². The maximum atomic E-state index is 12.5. The molecular formula is C16H17ClN2O2. The molecule has 0 N–H and O–H groups in total. The van der Waals surface area contributed by atoms with Gasteiger partial charge >= 0.3 is 0 Å². The Balaban J connectivity index is 1.74. The van der Waals surface area contributed by atoms with E-state index in [1.165, 1.54) is 5.56 Å². The minimum atomic E-state index is 0.125. The van der Waals surface area contributed by atoms with Crippen molar-refractivity contribution in [1.82, 2.24) is 5.16 Å². The van der Waals surface area contributed by atoms with E-state index < -0.39 is 0 Å². The predicted octanol–water partition coefficient (Wildman–Crippen LogP) is 3.47. The lowest BCUT2D eigenvalue weighted by atomic mass is 10.1. The molecule has 3 rings (SSSR count). The summed E-state index contributed by atoms with van der Waals surface area (Å²) in [5.41, 5.74) is 5.07. The van der Waals surface area contributed by atoms with Gasteiger partial charge in [-0.1, -0.05) is 23.4 Å². The summed E-state index contributed by atoms with van der Waals surface area (Å²) >= 11 is 5.94. The van der Waals surface area contributed by atoms with Crippen LogP contribution < -0.4 is 4.90 Å². The minimum Gasteiger partial charge on any atom is -0.344 e. The second kappa shape index (κ2) is 5.53.